The van der Waals surface area contributed by atoms with E-state index >= 15 is 0 Å². The Kier molecular flexibility index (Phi) is 8.31. The number of amides is 2. The normalized spacial score (nSPS) is 19.5. The van der Waals surface area contributed by atoms with Crippen LogP contribution in [0.25, 0.3) is 0 Å². The molecule has 1 aromatic heterocycles. The number of benzene rings is 1. The molecule has 1 aliphatic carbocycles. The van der Waals surface area contributed by atoms with Crippen LogP contribution in [0.5, 0.6) is 5.75 Å². The standard InChI is InChI=1S/C27H33N3O4/c1-2-14-33-24-12-6-9-22(15-24)27(32)29-17-25(34-20-21-8-7-13-28-16-21)18-30(26(31)19-29)23-10-4-3-5-11-23/h2,6-9,12-13,15-16,23,25H,1,3-5,10-11,14,17-20H2/t25-/m0/s1. The van der Waals surface area contributed by atoms with E-state index in [9.17, 15) is 9.59 Å². The van der Waals surface area contributed by atoms with Crippen LogP contribution >= 0.6 is 0 Å². The SMILES string of the molecule is C=CCOc1cccc(C(=O)N2CC(=O)N(C3CCCCC3)C[C@@H](OCc3cccnc3)C2)c1. The zero-order valence-corrected chi connectivity index (χ0v) is 19.6. The molecule has 0 N–H and O–H groups in total. The van der Waals surface area contributed by atoms with Gasteiger partial charge in [0.05, 0.1) is 12.7 Å². The highest BCUT2D eigenvalue weighted by Gasteiger charge is 2.35. The maximum Gasteiger partial charge on any atom is 0.254 e. The zero-order chi connectivity index (χ0) is 23.8. The number of aromatic nitrogens is 1. The van der Waals surface area contributed by atoms with Crippen LogP contribution in [0.3, 0.4) is 0 Å². The van der Waals surface area contributed by atoms with Gasteiger partial charge in [0, 0.05) is 37.1 Å². The van der Waals surface area contributed by atoms with Gasteiger partial charge in [-0.15, -0.1) is 0 Å². The number of nitrogens with zero attached hydrogens (tertiary/aromatic N) is 3. The molecule has 34 heavy (non-hydrogen) atoms. The van der Waals surface area contributed by atoms with Crippen LogP contribution in [0.2, 0.25) is 0 Å². The molecule has 1 saturated heterocycles. The summed E-state index contributed by atoms with van der Waals surface area (Å²) in [4.78, 5) is 34.5. The summed E-state index contributed by atoms with van der Waals surface area (Å²) >= 11 is 0. The molecule has 7 nitrogen and oxygen atoms in total. The summed E-state index contributed by atoms with van der Waals surface area (Å²) in [6.45, 7) is 5.31. The van der Waals surface area contributed by atoms with Gasteiger partial charge in [-0.1, -0.05) is 44.1 Å². The summed E-state index contributed by atoms with van der Waals surface area (Å²) in [6.07, 6.45) is 10.4. The maximum absolute atomic E-state index is 13.4. The molecule has 2 aliphatic rings. The van der Waals surface area contributed by atoms with Crippen molar-refractivity contribution in [1.29, 1.82) is 0 Å². The van der Waals surface area contributed by atoms with Gasteiger partial charge in [0.1, 0.15) is 18.9 Å². The average molecular weight is 464 g/mol. The first-order chi connectivity index (χ1) is 16.6. The van der Waals surface area contributed by atoms with Crippen LogP contribution in [0.4, 0.5) is 0 Å². The molecule has 2 heterocycles. The fourth-order valence-corrected chi connectivity index (χ4v) is 4.70. The summed E-state index contributed by atoms with van der Waals surface area (Å²) < 4.78 is 11.8. The van der Waals surface area contributed by atoms with Crippen LogP contribution in [0.1, 0.15) is 48.0 Å². The van der Waals surface area contributed by atoms with E-state index in [0.717, 1.165) is 31.2 Å². The topological polar surface area (TPSA) is 72.0 Å². The summed E-state index contributed by atoms with van der Waals surface area (Å²) in [5.74, 6) is 0.393. The summed E-state index contributed by atoms with van der Waals surface area (Å²) in [5, 5.41) is 0. The second-order valence-electron chi connectivity index (χ2n) is 8.95. The van der Waals surface area contributed by atoms with Crippen LogP contribution in [-0.4, -0.2) is 65.0 Å². The van der Waals surface area contributed by atoms with Gasteiger partial charge in [-0.25, -0.2) is 0 Å². The van der Waals surface area contributed by atoms with Gasteiger partial charge in [0.15, 0.2) is 0 Å². The summed E-state index contributed by atoms with van der Waals surface area (Å²) in [7, 11) is 0. The Morgan fingerprint density at radius 1 is 1.15 bits per heavy atom. The lowest BCUT2D eigenvalue weighted by atomic mass is 9.94. The molecule has 1 atom stereocenters. The first-order valence-electron chi connectivity index (χ1n) is 12.1. The van der Waals surface area contributed by atoms with Crippen molar-refractivity contribution >= 4 is 11.8 Å². The molecule has 2 aromatic rings. The molecule has 2 fully saturated rings. The second-order valence-corrected chi connectivity index (χ2v) is 8.95. The van der Waals surface area contributed by atoms with Gasteiger partial charge in [-0.2, -0.15) is 0 Å². The van der Waals surface area contributed by atoms with E-state index in [0.29, 0.717) is 37.6 Å². The lowest BCUT2D eigenvalue weighted by Crippen LogP contribution is -2.46. The van der Waals surface area contributed by atoms with Gasteiger partial charge >= 0.3 is 0 Å². The second kappa shape index (κ2) is 11.8. The van der Waals surface area contributed by atoms with E-state index < -0.39 is 0 Å². The van der Waals surface area contributed by atoms with Crippen LogP contribution in [0.15, 0.2) is 61.4 Å². The average Bonchev–Trinajstić information content (AvgIpc) is 3.05. The van der Waals surface area contributed by atoms with E-state index in [2.05, 4.69) is 11.6 Å². The van der Waals surface area contributed by atoms with Crippen molar-refractivity contribution in [3.8, 4) is 5.75 Å². The van der Waals surface area contributed by atoms with Crippen molar-refractivity contribution in [2.75, 3.05) is 26.2 Å². The smallest absolute Gasteiger partial charge is 0.254 e. The molecule has 1 aromatic carbocycles. The van der Waals surface area contributed by atoms with Gasteiger partial charge in [-0.05, 0) is 42.7 Å². The van der Waals surface area contributed by atoms with E-state index in [-0.39, 0.29) is 30.5 Å². The Bertz CT molecular complexity index is 975. The molecule has 180 valence electrons. The Labute approximate surface area is 201 Å². The van der Waals surface area contributed by atoms with Gasteiger partial charge in [-0.3, -0.25) is 14.6 Å². The highest BCUT2D eigenvalue weighted by Crippen LogP contribution is 2.25. The van der Waals surface area contributed by atoms with Gasteiger partial charge in [0.2, 0.25) is 5.91 Å². The number of pyridine rings is 1. The molecule has 0 bridgehead atoms. The minimum Gasteiger partial charge on any atom is -0.490 e. The molecule has 2 amide bonds. The number of hydrogen-bond donors (Lipinski definition) is 0. The van der Waals surface area contributed by atoms with Gasteiger partial charge < -0.3 is 19.3 Å². The lowest BCUT2D eigenvalue weighted by Gasteiger charge is -2.34. The molecule has 1 aliphatic heterocycles. The molecule has 7 heteroatoms. The van der Waals surface area contributed by atoms with Crippen molar-refractivity contribution < 1.29 is 19.1 Å². The lowest BCUT2D eigenvalue weighted by molar-refractivity contribution is -0.134. The third kappa shape index (κ3) is 6.23. The number of carbonyl (C=O) groups is 2. The monoisotopic (exact) mass is 463 g/mol. The first kappa shape index (κ1) is 24.0. The molecular formula is C27H33N3O4. The van der Waals surface area contributed by atoms with Crippen molar-refractivity contribution in [1.82, 2.24) is 14.8 Å². The fraction of sp³-hybridized carbons (Fsp3) is 0.444. The van der Waals surface area contributed by atoms with Gasteiger partial charge in [0.25, 0.3) is 5.91 Å². The number of ether oxygens (including phenoxy) is 2. The fourth-order valence-electron chi connectivity index (χ4n) is 4.70. The van der Waals surface area contributed by atoms with Crippen molar-refractivity contribution in [3.63, 3.8) is 0 Å². The third-order valence-corrected chi connectivity index (χ3v) is 6.43. The number of hydrogen-bond acceptors (Lipinski definition) is 5. The van der Waals surface area contributed by atoms with E-state index in [4.69, 9.17) is 9.47 Å². The Hall–Kier alpha value is -3.19. The Morgan fingerprint density at radius 3 is 2.76 bits per heavy atom. The zero-order valence-electron chi connectivity index (χ0n) is 19.6. The van der Waals surface area contributed by atoms with Crippen molar-refractivity contribution in [2.24, 2.45) is 0 Å². The minimum absolute atomic E-state index is 0.00760. The molecule has 0 radical (unpaired) electrons. The minimum atomic E-state index is -0.280. The van der Waals surface area contributed by atoms with Crippen molar-refractivity contribution in [2.45, 2.75) is 50.9 Å². The molecule has 1 saturated carbocycles. The molecule has 0 unspecified atom stereocenters. The molecule has 4 rings (SSSR count). The highest BCUT2D eigenvalue weighted by molar-refractivity contribution is 5.97. The quantitative estimate of drug-likeness (QED) is 0.556. The summed E-state index contributed by atoms with van der Waals surface area (Å²) in [5.41, 5.74) is 1.46. The predicted octanol–water partition coefficient (Wildman–Crippen LogP) is 3.85. The van der Waals surface area contributed by atoms with Crippen molar-refractivity contribution in [3.05, 3.63) is 72.6 Å². The third-order valence-electron chi connectivity index (χ3n) is 6.43. The van der Waals surface area contributed by atoms with E-state index in [1.54, 1.807) is 47.6 Å². The molecule has 0 spiro atoms. The Morgan fingerprint density at radius 2 is 2.00 bits per heavy atom. The van der Waals surface area contributed by atoms with E-state index in [1.165, 1.54) is 6.42 Å². The maximum atomic E-state index is 13.4. The van der Waals surface area contributed by atoms with Crippen LogP contribution in [0, 0.1) is 0 Å². The van der Waals surface area contributed by atoms with Crippen LogP contribution < -0.4 is 4.74 Å². The Balaban J connectivity index is 1.52. The summed E-state index contributed by atoms with van der Waals surface area (Å²) in [6, 6.07) is 11.1. The highest BCUT2D eigenvalue weighted by atomic mass is 16.5. The van der Waals surface area contributed by atoms with Crippen LogP contribution in [-0.2, 0) is 16.1 Å². The van der Waals surface area contributed by atoms with E-state index in [1.807, 2.05) is 17.0 Å². The molecular weight excluding hydrogens is 430 g/mol. The first-order valence-corrected chi connectivity index (χ1v) is 12.1. The number of carbonyl (C=O) groups excluding carboxylic acids is 2. The number of rotatable bonds is 8. The predicted molar refractivity (Wildman–Crippen MR) is 129 cm³/mol. The largest absolute Gasteiger partial charge is 0.490 e.